The van der Waals surface area contributed by atoms with Crippen LogP contribution < -0.4 is 10.5 Å². The van der Waals surface area contributed by atoms with E-state index < -0.39 is 0 Å². The molecule has 0 bridgehead atoms. The number of aromatic nitrogens is 1. The van der Waals surface area contributed by atoms with E-state index in [1.807, 2.05) is 31.3 Å². The van der Waals surface area contributed by atoms with Crippen LogP contribution in [-0.2, 0) is 0 Å². The van der Waals surface area contributed by atoms with E-state index in [1.165, 1.54) is 44.3 Å². The number of nitrogens with one attached hydrogen (secondary N) is 1. The second-order valence-electron chi connectivity index (χ2n) is 7.99. The summed E-state index contributed by atoms with van der Waals surface area (Å²) in [6.45, 7) is 4.24. The van der Waals surface area contributed by atoms with Gasteiger partial charge in [0.25, 0.3) is 5.56 Å². The van der Waals surface area contributed by atoms with E-state index in [1.54, 1.807) is 29.0 Å². The normalized spacial score (nSPS) is 14.0. The van der Waals surface area contributed by atoms with Crippen molar-refractivity contribution in [2.45, 2.75) is 12.8 Å². The molecule has 2 aromatic carbocycles. The monoisotopic (exact) mass is 418 g/mol. The molecule has 1 aliphatic heterocycles. The molecule has 3 aromatic rings. The summed E-state index contributed by atoms with van der Waals surface area (Å²) in [5, 5.41) is 7.87. The van der Waals surface area contributed by atoms with Crippen LogP contribution in [0.5, 0.6) is 0 Å². The standard InChI is InChI=1S/C25H27FN4O/c1-28(14-15-29-11-2-3-12-29)24-9-8-23(16-21(24)18-27)30-13-10-20(17-25(30)31)19-4-6-22(26)7-5-19/h4-10,13,16-18,27H,2-3,11-12,14-15H2,1H3. The van der Waals surface area contributed by atoms with E-state index in [-0.39, 0.29) is 11.4 Å². The average molecular weight is 419 g/mol. The van der Waals surface area contributed by atoms with Crippen LogP contribution in [0.4, 0.5) is 10.1 Å². The lowest BCUT2D eigenvalue weighted by Crippen LogP contribution is -2.31. The molecule has 1 N–H and O–H groups in total. The van der Waals surface area contributed by atoms with Gasteiger partial charge in [0.15, 0.2) is 0 Å². The molecular weight excluding hydrogens is 391 g/mol. The molecule has 1 fully saturated rings. The van der Waals surface area contributed by atoms with Crippen molar-refractivity contribution in [1.82, 2.24) is 9.47 Å². The molecule has 0 spiro atoms. The molecule has 0 atom stereocenters. The van der Waals surface area contributed by atoms with Gasteiger partial charge < -0.3 is 15.2 Å². The number of rotatable bonds is 7. The van der Waals surface area contributed by atoms with E-state index in [0.29, 0.717) is 5.69 Å². The fourth-order valence-electron chi connectivity index (χ4n) is 4.09. The number of hydrogen-bond donors (Lipinski definition) is 1. The Hall–Kier alpha value is -3.25. The molecule has 5 nitrogen and oxygen atoms in total. The first-order valence-corrected chi connectivity index (χ1v) is 10.6. The quantitative estimate of drug-likeness (QED) is 0.586. The maximum Gasteiger partial charge on any atom is 0.255 e. The zero-order valence-electron chi connectivity index (χ0n) is 17.7. The smallest absolute Gasteiger partial charge is 0.255 e. The molecule has 6 heteroatoms. The minimum Gasteiger partial charge on any atom is -0.373 e. The van der Waals surface area contributed by atoms with Gasteiger partial charge in [0.1, 0.15) is 5.82 Å². The van der Waals surface area contributed by atoms with E-state index in [2.05, 4.69) is 9.80 Å². The third-order valence-electron chi connectivity index (χ3n) is 5.90. The maximum atomic E-state index is 13.2. The van der Waals surface area contributed by atoms with Crippen LogP contribution >= 0.6 is 0 Å². The lowest BCUT2D eigenvalue weighted by atomic mass is 10.1. The predicted molar refractivity (Wildman–Crippen MR) is 124 cm³/mol. The van der Waals surface area contributed by atoms with Crippen molar-refractivity contribution in [1.29, 1.82) is 5.41 Å². The second kappa shape index (κ2) is 9.27. The number of pyridine rings is 1. The number of halogens is 1. The van der Waals surface area contributed by atoms with Gasteiger partial charge >= 0.3 is 0 Å². The molecule has 0 radical (unpaired) electrons. The molecule has 0 amide bonds. The lowest BCUT2D eigenvalue weighted by Gasteiger charge is -2.25. The fourth-order valence-corrected chi connectivity index (χ4v) is 4.09. The molecule has 0 unspecified atom stereocenters. The van der Waals surface area contributed by atoms with Gasteiger partial charge in [-0.05, 0) is 73.5 Å². The molecule has 2 heterocycles. The number of benzene rings is 2. The number of hydrogen-bond acceptors (Lipinski definition) is 4. The van der Waals surface area contributed by atoms with Gasteiger partial charge in [-0.25, -0.2) is 4.39 Å². The zero-order chi connectivity index (χ0) is 21.8. The molecule has 1 aliphatic rings. The van der Waals surface area contributed by atoms with Crippen LogP contribution in [0.3, 0.4) is 0 Å². The first-order chi connectivity index (χ1) is 15.0. The Morgan fingerprint density at radius 2 is 1.77 bits per heavy atom. The first-order valence-electron chi connectivity index (χ1n) is 10.6. The molecule has 4 rings (SSSR count). The fraction of sp³-hybridized carbons (Fsp3) is 0.280. The van der Waals surface area contributed by atoms with Crippen molar-refractivity contribution in [3.8, 4) is 16.8 Å². The second-order valence-corrected chi connectivity index (χ2v) is 7.99. The summed E-state index contributed by atoms with van der Waals surface area (Å²) in [5.74, 6) is -0.304. The average Bonchev–Trinajstić information content (AvgIpc) is 3.31. The van der Waals surface area contributed by atoms with Crippen LogP contribution in [0.2, 0.25) is 0 Å². The van der Waals surface area contributed by atoms with Gasteiger partial charge in [0.2, 0.25) is 0 Å². The summed E-state index contributed by atoms with van der Waals surface area (Å²) in [5.41, 5.74) is 3.83. The van der Waals surface area contributed by atoms with E-state index in [4.69, 9.17) is 5.41 Å². The van der Waals surface area contributed by atoms with Crippen molar-refractivity contribution in [3.63, 3.8) is 0 Å². The van der Waals surface area contributed by atoms with E-state index >= 15 is 0 Å². The Kier molecular flexibility index (Phi) is 6.28. The van der Waals surface area contributed by atoms with Gasteiger partial charge in [-0.15, -0.1) is 0 Å². The highest BCUT2D eigenvalue weighted by Crippen LogP contribution is 2.23. The molecule has 0 saturated carbocycles. The van der Waals surface area contributed by atoms with Crippen LogP contribution in [0.25, 0.3) is 16.8 Å². The lowest BCUT2D eigenvalue weighted by molar-refractivity contribution is 0.346. The topological polar surface area (TPSA) is 52.3 Å². The van der Waals surface area contributed by atoms with Crippen molar-refractivity contribution < 1.29 is 4.39 Å². The molecule has 160 valence electrons. The van der Waals surface area contributed by atoms with Gasteiger partial charge in [-0.2, -0.15) is 0 Å². The van der Waals surface area contributed by atoms with E-state index in [0.717, 1.165) is 35.5 Å². The van der Waals surface area contributed by atoms with Crippen LogP contribution in [0.1, 0.15) is 18.4 Å². The molecule has 1 saturated heterocycles. The minimum absolute atomic E-state index is 0.173. The van der Waals surface area contributed by atoms with E-state index in [9.17, 15) is 9.18 Å². The van der Waals surface area contributed by atoms with Crippen LogP contribution in [0.15, 0.2) is 65.6 Å². The Labute approximate surface area is 181 Å². The maximum absolute atomic E-state index is 13.2. The first kappa shape index (κ1) is 21.0. The molecular formula is C25H27FN4O. The summed E-state index contributed by atoms with van der Waals surface area (Å²) < 4.78 is 14.7. The number of likely N-dealkylation sites (tertiary alicyclic amines) is 1. The van der Waals surface area contributed by atoms with Gasteiger partial charge in [-0.1, -0.05) is 12.1 Å². The van der Waals surface area contributed by atoms with Crippen molar-refractivity contribution >= 4 is 11.9 Å². The Morgan fingerprint density at radius 1 is 1.03 bits per heavy atom. The minimum atomic E-state index is -0.304. The summed E-state index contributed by atoms with van der Waals surface area (Å²) in [6.07, 6.45) is 5.61. The highest BCUT2D eigenvalue weighted by atomic mass is 19.1. The van der Waals surface area contributed by atoms with Crippen LogP contribution in [-0.4, -0.2) is 48.9 Å². The number of nitrogens with zero attached hydrogens (tertiary/aromatic N) is 3. The highest BCUT2D eigenvalue weighted by Gasteiger charge is 2.14. The van der Waals surface area contributed by atoms with Gasteiger partial charge in [-0.3, -0.25) is 9.36 Å². The molecule has 31 heavy (non-hydrogen) atoms. The summed E-state index contributed by atoms with van der Waals surface area (Å²) in [7, 11) is 2.04. The Balaban J connectivity index is 1.56. The summed E-state index contributed by atoms with van der Waals surface area (Å²) >= 11 is 0. The SMILES string of the molecule is CN(CCN1CCCC1)c1ccc(-n2ccc(-c3ccc(F)cc3)cc2=O)cc1C=N. The summed E-state index contributed by atoms with van der Waals surface area (Å²) in [6, 6.07) is 15.2. The largest absolute Gasteiger partial charge is 0.373 e. The molecule has 1 aromatic heterocycles. The number of likely N-dealkylation sites (N-methyl/N-ethyl adjacent to an activating group) is 1. The predicted octanol–water partition coefficient (Wildman–Crippen LogP) is 4.17. The van der Waals surface area contributed by atoms with Crippen molar-refractivity contribution in [3.05, 3.63) is 82.5 Å². The van der Waals surface area contributed by atoms with Crippen molar-refractivity contribution in [2.75, 3.05) is 38.1 Å². The van der Waals surface area contributed by atoms with Crippen LogP contribution in [0, 0.1) is 11.2 Å². The summed E-state index contributed by atoms with van der Waals surface area (Å²) in [4.78, 5) is 17.4. The number of anilines is 1. The van der Waals surface area contributed by atoms with Gasteiger partial charge in [0.05, 0.1) is 0 Å². The Morgan fingerprint density at radius 3 is 2.45 bits per heavy atom. The third kappa shape index (κ3) is 4.75. The van der Waals surface area contributed by atoms with Crippen molar-refractivity contribution in [2.24, 2.45) is 0 Å². The zero-order valence-corrected chi connectivity index (χ0v) is 17.7. The highest BCUT2D eigenvalue weighted by molar-refractivity contribution is 5.87. The Bertz CT molecular complexity index is 1120. The van der Waals surface area contributed by atoms with Gasteiger partial charge in [0, 0.05) is 55.6 Å². The third-order valence-corrected chi connectivity index (χ3v) is 5.90. The molecule has 0 aliphatic carbocycles.